The van der Waals surface area contributed by atoms with E-state index in [1.54, 1.807) is 0 Å². The second kappa shape index (κ2) is 5.25. The lowest BCUT2D eigenvalue weighted by Gasteiger charge is -2.09. The van der Waals surface area contributed by atoms with E-state index in [-0.39, 0.29) is 0 Å². The van der Waals surface area contributed by atoms with Crippen molar-refractivity contribution < 1.29 is 5.11 Å². The molecule has 72 valence electrons. The van der Waals surface area contributed by atoms with Gasteiger partial charge in [-0.05, 0) is 24.0 Å². The van der Waals surface area contributed by atoms with Crippen LogP contribution in [-0.2, 0) is 6.42 Å². The van der Waals surface area contributed by atoms with Gasteiger partial charge in [-0.1, -0.05) is 31.2 Å². The van der Waals surface area contributed by atoms with Crippen LogP contribution >= 0.6 is 11.6 Å². The molecule has 1 N–H and O–H groups in total. The molecular formula is C11H15ClO. The van der Waals surface area contributed by atoms with Crippen molar-refractivity contribution >= 4 is 11.6 Å². The van der Waals surface area contributed by atoms with Crippen molar-refractivity contribution in [2.75, 3.05) is 5.88 Å². The van der Waals surface area contributed by atoms with Gasteiger partial charge in [-0.2, -0.15) is 0 Å². The Morgan fingerprint density at radius 1 is 1.46 bits per heavy atom. The molecule has 0 aliphatic heterocycles. The molecule has 2 heteroatoms. The molecule has 0 heterocycles. The Balaban J connectivity index is 2.75. The quantitative estimate of drug-likeness (QED) is 0.738. The number of alkyl halides is 1. The molecule has 1 unspecified atom stereocenters. The van der Waals surface area contributed by atoms with Crippen LogP contribution in [0.2, 0.25) is 0 Å². The third-order valence-electron chi connectivity index (χ3n) is 2.13. The minimum absolute atomic E-state index is 0.413. The number of hydrogen-bond donors (Lipinski definition) is 1. The van der Waals surface area contributed by atoms with E-state index in [2.05, 4.69) is 13.0 Å². The summed E-state index contributed by atoms with van der Waals surface area (Å²) in [5, 5.41) is 9.66. The molecular weight excluding hydrogens is 184 g/mol. The Labute approximate surface area is 84.4 Å². The third-order valence-corrected chi connectivity index (χ3v) is 2.34. The number of hydrogen-bond acceptors (Lipinski definition) is 1. The summed E-state index contributed by atoms with van der Waals surface area (Å²) >= 11 is 5.56. The molecule has 0 saturated heterocycles. The smallest absolute Gasteiger partial charge is 0.0801 e. The monoisotopic (exact) mass is 198 g/mol. The minimum Gasteiger partial charge on any atom is -0.388 e. The van der Waals surface area contributed by atoms with Crippen LogP contribution in [0.4, 0.5) is 0 Å². The molecule has 0 radical (unpaired) electrons. The van der Waals surface area contributed by atoms with Gasteiger partial charge in [0.2, 0.25) is 0 Å². The topological polar surface area (TPSA) is 20.2 Å². The van der Waals surface area contributed by atoms with E-state index >= 15 is 0 Å². The number of aliphatic hydroxyl groups is 1. The molecule has 0 aromatic heterocycles. The van der Waals surface area contributed by atoms with Crippen LogP contribution in [0.5, 0.6) is 0 Å². The Morgan fingerprint density at radius 3 is 2.85 bits per heavy atom. The Kier molecular flexibility index (Phi) is 4.26. The number of rotatable bonds is 4. The van der Waals surface area contributed by atoms with Gasteiger partial charge in [0.25, 0.3) is 0 Å². The lowest BCUT2D eigenvalue weighted by Crippen LogP contribution is -1.98. The van der Waals surface area contributed by atoms with Gasteiger partial charge in [0.05, 0.1) is 6.10 Å². The molecule has 0 aliphatic rings. The first-order valence-electron chi connectivity index (χ1n) is 4.60. The molecule has 0 spiro atoms. The van der Waals surface area contributed by atoms with Crippen molar-refractivity contribution in [3.05, 3.63) is 35.4 Å². The fourth-order valence-corrected chi connectivity index (χ4v) is 1.50. The number of aryl methyl sites for hydroxylation is 1. The number of benzene rings is 1. The van der Waals surface area contributed by atoms with Crippen LogP contribution in [0.3, 0.4) is 0 Å². The summed E-state index contributed by atoms with van der Waals surface area (Å²) in [4.78, 5) is 0. The maximum Gasteiger partial charge on any atom is 0.0801 e. The summed E-state index contributed by atoms with van der Waals surface area (Å²) in [5.41, 5.74) is 2.23. The van der Waals surface area contributed by atoms with Crippen molar-refractivity contribution in [1.29, 1.82) is 0 Å². The van der Waals surface area contributed by atoms with E-state index in [1.165, 1.54) is 5.56 Å². The zero-order valence-corrected chi connectivity index (χ0v) is 8.59. The molecule has 0 aliphatic carbocycles. The number of halogens is 1. The second-order valence-corrected chi connectivity index (χ2v) is 3.47. The van der Waals surface area contributed by atoms with Crippen molar-refractivity contribution in [2.24, 2.45) is 0 Å². The van der Waals surface area contributed by atoms with Gasteiger partial charge in [-0.25, -0.2) is 0 Å². The molecule has 0 fully saturated rings. The second-order valence-electron chi connectivity index (χ2n) is 3.09. The van der Waals surface area contributed by atoms with Crippen molar-refractivity contribution in [2.45, 2.75) is 25.9 Å². The van der Waals surface area contributed by atoms with Crippen molar-refractivity contribution in [1.82, 2.24) is 0 Å². The summed E-state index contributed by atoms with van der Waals surface area (Å²) in [6, 6.07) is 8.02. The van der Waals surface area contributed by atoms with Crippen LogP contribution in [0.1, 0.15) is 30.6 Å². The Morgan fingerprint density at radius 2 is 2.23 bits per heavy atom. The van der Waals surface area contributed by atoms with Crippen LogP contribution in [0.15, 0.2) is 24.3 Å². The average Bonchev–Trinajstić information content (AvgIpc) is 2.18. The SMILES string of the molecule is CCc1cccc(C(O)CCCl)c1. The van der Waals surface area contributed by atoms with E-state index in [1.807, 2.05) is 18.2 Å². The molecule has 13 heavy (non-hydrogen) atoms. The number of aliphatic hydroxyl groups excluding tert-OH is 1. The minimum atomic E-state index is -0.413. The molecule has 0 saturated carbocycles. The largest absolute Gasteiger partial charge is 0.388 e. The fraction of sp³-hybridized carbons (Fsp3) is 0.455. The Hall–Kier alpha value is -0.530. The first-order valence-corrected chi connectivity index (χ1v) is 5.14. The molecule has 0 bridgehead atoms. The Bertz CT molecular complexity index is 260. The molecule has 1 rings (SSSR count). The predicted molar refractivity (Wildman–Crippen MR) is 56.1 cm³/mol. The molecule has 1 atom stereocenters. The van der Waals surface area contributed by atoms with E-state index in [0.29, 0.717) is 12.3 Å². The summed E-state index contributed by atoms with van der Waals surface area (Å²) in [6.07, 6.45) is 1.21. The van der Waals surface area contributed by atoms with E-state index in [0.717, 1.165) is 12.0 Å². The first kappa shape index (κ1) is 10.6. The molecule has 0 amide bonds. The summed E-state index contributed by atoms with van der Waals surface area (Å²) in [7, 11) is 0. The highest BCUT2D eigenvalue weighted by molar-refractivity contribution is 6.17. The van der Waals surface area contributed by atoms with Crippen molar-refractivity contribution in [3.8, 4) is 0 Å². The highest BCUT2D eigenvalue weighted by atomic mass is 35.5. The van der Waals surface area contributed by atoms with Crippen molar-refractivity contribution in [3.63, 3.8) is 0 Å². The van der Waals surface area contributed by atoms with Gasteiger partial charge in [-0.15, -0.1) is 11.6 Å². The predicted octanol–water partition coefficient (Wildman–Crippen LogP) is 2.91. The van der Waals surface area contributed by atoms with Gasteiger partial charge < -0.3 is 5.11 Å². The fourth-order valence-electron chi connectivity index (χ4n) is 1.29. The van der Waals surface area contributed by atoms with Gasteiger partial charge in [-0.3, -0.25) is 0 Å². The highest BCUT2D eigenvalue weighted by Gasteiger charge is 2.06. The van der Waals surface area contributed by atoms with Crippen LogP contribution in [0.25, 0.3) is 0 Å². The maximum atomic E-state index is 9.66. The first-order chi connectivity index (χ1) is 6.27. The molecule has 1 aromatic rings. The van der Waals surface area contributed by atoms with Gasteiger partial charge >= 0.3 is 0 Å². The van der Waals surface area contributed by atoms with Crippen LogP contribution in [0, 0.1) is 0 Å². The van der Waals surface area contributed by atoms with E-state index < -0.39 is 6.10 Å². The normalized spacial score (nSPS) is 12.8. The zero-order valence-electron chi connectivity index (χ0n) is 7.83. The third kappa shape index (κ3) is 3.02. The lowest BCUT2D eigenvalue weighted by atomic mass is 10.0. The maximum absolute atomic E-state index is 9.66. The standard InChI is InChI=1S/C11H15ClO/c1-2-9-4-3-5-10(8-9)11(13)6-7-12/h3-5,8,11,13H,2,6-7H2,1H3. The zero-order chi connectivity index (χ0) is 9.68. The average molecular weight is 199 g/mol. The summed E-state index contributed by atoms with van der Waals surface area (Å²) < 4.78 is 0. The highest BCUT2D eigenvalue weighted by Crippen LogP contribution is 2.18. The van der Waals surface area contributed by atoms with Gasteiger partial charge in [0, 0.05) is 5.88 Å². The van der Waals surface area contributed by atoms with E-state index in [4.69, 9.17) is 11.6 Å². The van der Waals surface area contributed by atoms with Crippen LogP contribution < -0.4 is 0 Å². The summed E-state index contributed by atoms with van der Waals surface area (Å²) in [6.45, 7) is 2.10. The molecule has 1 nitrogen and oxygen atoms in total. The van der Waals surface area contributed by atoms with Crippen LogP contribution in [-0.4, -0.2) is 11.0 Å². The molecule has 1 aromatic carbocycles. The van der Waals surface area contributed by atoms with Gasteiger partial charge in [0.15, 0.2) is 0 Å². The lowest BCUT2D eigenvalue weighted by molar-refractivity contribution is 0.174. The van der Waals surface area contributed by atoms with Gasteiger partial charge in [0.1, 0.15) is 0 Å². The van der Waals surface area contributed by atoms with E-state index in [9.17, 15) is 5.11 Å². The summed E-state index contributed by atoms with van der Waals surface area (Å²) in [5.74, 6) is 0.498.